The summed E-state index contributed by atoms with van der Waals surface area (Å²) in [5.41, 5.74) is 2.94. The van der Waals surface area contributed by atoms with Crippen LogP contribution in [0.1, 0.15) is 22.8 Å². The Hall–Kier alpha value is -3.20. The highest BCUT2D eigenvalue weighted by atomic mass is 32.2. The van der Waals surface area contributed by atoms with Gasteiger partial charge in [-0.2, -0.15) is 5.10 Å². The average molecular weight is 389 g/mol. The maximum Gasteiger partial charge on any atom is 0.336 e. The number of aromatic carboxylic acids is 1. The lowest BCUT2D eigenvalue weighted by Crippen LogP contribution is -2.46. The van der Waals surface area contributed by atoms with Crippen molar-refractivity contribution in [3.8, 4) is 0 Å². The second-order valence-corrected chi connectivity index (χ2v) is 7.56. The number of hydrogen-bond acceptors (Lipinski definition) is 5. The molecule has 2 rings (SSSR count). The number of carboxylic acid groups (broad SMARTS) is 1. The van der Waals surface area contributed by atoms with E-state index < -0.39 is 27.9 Å². The molecule has 142 valence electrons. The Labute approximate surface area is 157 Å². The Bertz CT molecular complexity index is 958. The van der Waals surface area contributed by atoms with Gasteiger partial charge in [0.1, 0.15) is 6.04 Å². The van der Waals surface area contributed by atoms with E-state index in [-0.39, 0.29) is 5.56 Å². The summed E-state index contributed by atoms with van der Waals surface area (Å²) in [5.74, 6) is -1.78. The molecule has 0 aliphatic rings. The van der Waals surface area contributed by atoms with Crippen LogP contribution in [0.3, 0.4) is 0 Å². The fraction of sp³-hybridized carbons (Fsp3) is 0.167. The lowest BCUT2D eigenvalue weighted by Gasteiger charge is -2.27. The molecular weight excluding hydrogens is 370 g/mol. The molecule has 0 bridgehead atoms. The zero-order chi connectivity index (χ0) is 20.0. The lowest BCUT2D eigenvalue weighted by molar-refractivity contribution is -0.121. The van der Waals surface area contributed by atoms with E-state index in [1.54, 1.807) is 42.5 Å². The fourth-order valence-electron chi connectivity index (χ4n) is 2.45. The van der Waals surface area contributed by atoms with Crippen molar-refractivity contribution in [1.82, 2.24) is 5.43 Å². The van der Waals surface area contributed by atoms with E-state index in [0.29, 0.717) is 11.3 Å². The minimum atomic E-state index is -3.71. The van der Waals surface area contributed by atoms with Gasteiger partial charge in [0.05, 0.1) is 23.7 Å². The molecular formula is C18H19N3O5S. The van der Waals surface area contributed by atoms with Crippen molar-refractivity contribution in [2.75, 3.05) is 10.6 Å². The molecule has 0 fully saturated rings. The highest BCUT2D eigenvalue weighted by molar-refractivity contribution is 7.92. The van der Waals surface area contributed by atoms with Gasteiger partial charge in [0, 0.05) is 5.56 Å². The first-order valence-electron chi connectivity index (χ1n) is 7.91. The third kappa shape index (κ3) is 5.14. The number of hydrogen-bond donors (Lipinski definition) is 2. The van der Waals surface area contributed by atoms with Gasteiger partial charge in [0.15, 0.2) is 0 Å². The number of rotatable bonds is 7. The quantitative estimate of drug-likeness (QED) is 0.552. The number of amides is 1. The average Bonchev–Trinajstić information content (AvgIpc) is 2.61. The van der Waals surface area contributed by atoms with E-state index in [4.69, 9.17) is 5.11 Å². The summed E-state index contributed by atoms with van der Waals surface area (Å²) < 4.78 is 25.3. The van der Waals surface area contributed by atoms with Crippen LogP contribution in [-0.4, -0.2) is 43.9 Å². The largest absolute Gasteiger partial charge is 0.478 e. The number of carbonyl (C=O) groups is 2. The molecule has 1 amide bonds. The molecule has 27 heavy (non-hydrogen) atoms. The number of para-hydroxylation sites is 1. The number of nitrogens with zero attached hydrogens (tertiary/aromatic N) is 2. The van der Waals surface area contributed by atoms with Gasteiger partial charge < -0.3 is 5.11 Å². The van der Waals surface area contributed by atoms with Crippen LogP contribution < -0.4 is 9.73 Å². The molecule has 2 N–H and O–H groups in total. The van der Waals surface area contributed by atoms with Gasteiger partial charge in [-0.1, -0.05) is 36.4 Å². The topological polar surface area (TPSA) is 116 Å². The van der Waals surface area contributed by atoms with E-state index >= 15 is 0 Å². The summed E-state index contributed by atoms with van der Waals surface area (Å²) in [6.07, 6.45) is 2.21. The molecule has 0 saturated heterocycles. The first-order valence-corrected chi connectivity index (χ1v) is 9.76. The molecule has 0 radical (unpaired) electrons. The minimum absolute atomic E-state index is 0.0330. The standard InChI is InChI=1S/C18H19N3O5S/c1-13(21(27(2,25)26)15-9-4-3-5-10-15)17(22)20-19-12-14-8-6-7-11-16(14)18(23)24/h3-13H,1-2H3,(H,20,22)(H,23,24)/b19-12-/t13-/m1/s1. The molecule has 9 heteroatoms. The van der Waals surface area contributed by atoms with Crippen molar-refractivity contribution >= 4 is 33.8 Å². The zero-order valence-corrected chi connectivity index (χ0v) is 15.6. The van der Waals surface area contributed by atoms with Gasteiger partial charge in [-0.05, 0) is 25.1 Å². The number of sulfonamides is 1. The van der Waals surface area contributed by atoms with Crippen molar-refractivity contribution in [3.63, 3.8) is 0 Å². The molecule has 2 aromatic carbocycles. The van der Waals surface area contributed by atoms with Gasteiger partial charge in [-0.3, -0.25) is 9.10 Å². The SMILES string of the molecule is C[C@H](C(=O)N/N=C\c1ccccc1C(=O)O)N(c1ccccc1)S(C)(=O)=O. The second kappa shape index (κ2) is 8.45. The first-order chi connectivity index (χ1) is 12.7. The first kappa shape index (κ1) is 20.1. The maximum atomic E-state index is 12.4. The van der Waals surface area contributed by atoms with Crippen LogP contribution in [0.25, 0.3) is 0 Å². The van der Waals surface area contributed by atoms with E-state index in [1.807, 2.05) is 0 Å². The number of carbonyl (C=O) groups excluding carboxylic acids is 1. The molecule has 0 aliphatic carbocycles. The number of hydrazone groups is 1. The van der Waals surface area contributed by atoms with E-state index in [1.165, 1.54) is 25.3 Å². The molecule has 8 nitrogen and oxygen atoms in total. The van der Waals surface area contributed by atoms with Gasteiger partial charge in [-0.15, -0.1) is 0 Å². The third-order valence-electron chi connectivity index (χ3n) is 3.67. The Kier molecular flexibility index (Phi) is 6.30. The predicted molar refractivity (Wildman–Crippen MR) is 102 cm³/mol. The monoisotopic (exact) mass is 389 g/mol. The Balaban J connectivity index is 2.18. The van der Waals surface area contributed by atoms with Crippen molar-refractivity contribution in [2.24, 2.45) is 5.10 Å². The third-order valence-corrected chi connectivity index (χ3v) is 4.91. The number of benzene rings is 2. The summed E-state index contributed by atoms with van der Waals surface area (Å²) in [5, 5.41) is 12.9. The van der Waals surface area contributed by atoms with Crippen LogP contribution in [0, 0.1) is 0 Å². The molecule has 1 atom stereocenters. The van der Waals surface area contributed by atoms with Gasteiger partial charge in [-0.25, -0.2) is 18.6 Å². The fourth-order valence-corrected chi connectivity index (χ4v) is 3.62. The molecule has 0 unspecified atom stereocenters. The van der Waals surface area contributed by atoms with Crippen LogP contribution >= 0.6 is 0 Å². The number of anilines is 1. The Morgan fingerprint density at radius 1 is 1.11 bits per heavy atom. The highest BCUT2D eigenvalue weighted by Gasteiger charge is 2.28. The van der Waals surface area contributed by atoms with Gasteiger partial charge >= 0.3 is 5.97 Å². The molecule has 0 saturated carbocycles. The molecule has 0 heterocycles. The maximum absolute atomic E-state index is 12.4. The van der Waals surface area contributed by atoms with E-state index in [9.17, 15) is 18.0 Å². The van der Waals surface area contributed by atoms with Crippen molar-refractivity contribution < 1.29 is 23.1 Å². The van der Waals surface area contributed by atoms with Crippen LogP contribution in [-0.2, 0) is 14.8 Å². The van der Waals surface area contributed by atoms with E-state index in [2.05, 4.69) is 10.5 Å². The van der Waals surface area contributed by atoms with Crippen molar-refractivity contribution in [1.29, 1.82) is 0 Å². The molecule has 0 aromatic heterocycles. The van der Waals surface area contributed by atoms with Crippen molar-refractivity contribution in [2.45, 2.75) is 13.0 Å². The lowest BCUT2D eigenvalue weighted by atomic mass is 10.1. The Morgan fingerprint density at radius 2 is 1.70 bits per heavy atom. The van der Waals surface area contributed by atoms with Crippen LogP contribution in [0.4, 0.5) is 5.69 Å². The van der Waals surface area contributed by atoms with Crippen LogP contribution in [0.15, 0.2) is 59.7 Å². The predicted octanol–water partition coefficient (Wildman–Crippen LogP) is 1.69. The highest BCUT2D eigenvalue weighted by Crippen LogP contribution is 2.20. The second-order valence-electron chi connectivity index (χ2n) is 5.70. The summed E-state index contributed by atoms with van der Waals surface area (Å²) >= 11 is 0. The number of nitrogens with one attached hydrogen (secondary N) is 1. The zero-order valence-electron chi connectivity index (χ0n) is 14.7. The molecule has 2 aromatic rings. The minimum Gasteiger partial charge on any atom is -0.478 e. The summed E-state index contributed by atoms with van der Waals surface area (Å²) in [6, 6.07) is 13.3. The van der Waals surface area contributed by atoms with Crippen LogP contribution in [0.2, 0.25) is 0 Å². The van der Waals surface area contributed by atoms with E-state index in [0.717, 1.165) is 10.6 Å². The van der Waals surface area contributed by atoms with Gasteiger partial charge in [0.2, 0.25) is 10.0 Å². The van der Waals surface area contributed by atoms with Crippen molar-refractivity contribution in [3.05, 3.63) is 65.7 Å². The van der Waals surface area contributed by atoms with Gasteiger partial charge in [0.25, 0.3) is 5.91 Å². The summed E-state index contributed by atoms with van der Waals surface area (Å²) in [7, 11) is -3.71. The summed E-state index contributed by atoms with van der Waals surface area (Å²) in [6.45, 7) is 1.43. The number of carboxylic acids is 1. The van der Waals surface area contributed by atoms with Crippen LogP contribution in [0.5, 0.6) is 0 Å². The Morgan fingerprint density at radius 3 is 2.30 bits per heavy atom. The molecule has 0 aliphatic heterocycles. The smallest absolute Gasteiger partial charge is 0.336 e. The normalized spacial score (nSPS) is 12.5. The molecule has 0 spiro atoms. The summed E-state index contributed by atoms with van der Waals surface area (Å²) in [4.78, 5) is 23.5.